The third kappa shape index (κ3) is 3.55. The molecule has 1 saturated heterocycles. The molecule has 0 aliphatic carbocycles. The number of fused-ring (bicyclic) bond motifs is 1. The fourth-order valence-corrected chi connectivity index (χ4v) is 3.27. The predicted molar refractivity (Wildman–Crippen MR) is 104 cm³/mol. The number of aliphatic hydroxyl groups excluding tert-OH is 4. The van der Waals surface area contributed by atoms with Crippen LogP contribution in [0.4, 0.5) is 0 Å². The molecule has 1 aliphatic heterocycles. The monoisotopic (exact) mass is 450 g/mol. The summed E-state index contributed by atoms with van der Waals surface area (Å²) in [5.41, 5.74) is -1.22. The van der Waals surface area contributed by atoms with Gasteiger partial charge in [0.15, 0.2) is 23.5 Å². The highest BCUT2D eigenvalue weighted by atomic mass is 16.7. The summed E-state index contributed by atoms with van der Waals surface area (Å²) < 4.78 is 15.7. The molecule has 5 atom stereocenters. The number of rotatable bonds is 3. The van der Waals surface area contributed by atoms with Crippen molar-refractivity contribution in [2.75, 3.05) is 0 Å². The van der Waals surface area contributed by atoms with Gasteiger partial charge in [-0.1, -0.05) is 0 Å². The van der Waals surface area contributed by atoms with Crippen molar-refractivity contribution in [1.29, 1.82) is 0 Å². The number of phenolic OH excluding ortho intramolecular Hbond substituents is 3. The Morgan fingerprint density at radius 1 is 0.844 bits per heavy atom. The first-order valence-corrected chi connectivity index (χ1v) is 9.18. The molecule has 3 aromatic rings. The lowest BCUT2D eigenvalue weighted by atomic mass is 10.0. The Hall–Kier alpha value is -3.55. The second kappa shape index (κ2) is 7.85. The van der Waals surface area contributed by atoms with Crippen molar-refractivity contribution in [3.8, 4) is 40.1 Å². The van der Waals surface area contributed by atoms with Crippen LogP contribution in [-0.4, -0.2) is 71.7 Å². The number of aliphatic hydroxyl groups is 4. The van der Waals surface area contributed by atoms with Gasteiger partial charge in [-0.2, -0.15) is 0 Å². The molecule has 0 spiro atoms. The van der Waals surface area contributed by atoms with Crippen LogP contribution in [0.15, 0.2) is 39.5 Å². The lowest BCUT2D eigenvalue weighted by Crippen LogP contribution is -2.59. The van der Waals surface area contributed by atoms with Crippen LogP contribution in [0.3, 0.4) is 0 Å². The van der Waals surface area contributed by atoms with Gasteiger partial charge in [0, 0.05) is 17.7 Å². The van der Waals surface area contributed by atoms with E-state index in [1.54, 1.807) is 0 Å². The largest absolute Gasteiger partial charge is 0.508 e. The van der Waals surface area contributed by atoms with Gasteiger partial charge in [0.05, 0.1) is 0 Å². The van der Waals surface area contributed by atoms with Crippen LogP contribution >= 0.6 is 0 Å². The molecule has 170 valence electrons. The zero-order valence-corrected chi connectivity index (χ0v) is 16.0. The molecular weight excluding hydrogens is 432 g/mol. The molecule has 1 aliphatic rings. The van der Waals surface area contributed by atoms with E-state index in [2.05, 4.69) is 0 Å². The van der Waals surface area contributed by atoms with Gasteiger partial charge in [-0.25, -0.2) is 0 Å². The quantitative estimate of drug-likeness (QED) is 0.252. The van der Waals surface area contributed by atoms with Gasteiger partial charge in [-0.15, -0.1) is 0 Å². The molecule has 0 unspecified atom stereocenters. The van der Waals surface area contributed by atoms with E-state index in [0.29, 0.717) is 0 Å². The molecule has 12 nitrogen and oxygen atoms in total. The maximum atomic E-state index is 12.5. The van der Waals surface area contributed by atoms with E-state index in [4.69, 9.17) is 13.9 Å². The van der Waals surface area contributed by atoms with E-state index in [-0.39, 0.29) is 22.3 Å². The lowest BCUT2D eigenvalue weighted by molar-refractivity contribution is -0.321. The van der Waals surface area contributed by atoms with Crippen LogP contribution in [0.25, 0.3) is 22.3 Å². The minimum atomic E-state index is -1.88. The summed E-state index contributed by atoms with van der Waals surface area (Å²) in [5.74, 6) is -3.10. The van der Waals surface area contributed by atoms with Gasteiger partial charge in [0.2, 0.25) is 17.5 Å². The van der Waals surface area contributed by atoms with E-state index >= 15 is 0 Å². The molecule has 0 bridgehead atoms. The number of hydrogen-bond acceptors (Lipinski definition) is 12. The Morgan fingerprint density at radius 3 is 2.28 bits per heavy atom. The van der Waals surface area contributed by atoms with Crippen molar-refractivity contribution < 1.29 is 54.7 Å². The van der Waals surface area contributed by atoms with E-state index in [1.807, 2.05) is 0 Å². The molecule has 8 N–H and O–H groups in total. The zero-order valence-electron chi connectivity index (χ0n) is 16.0. The second-order valence-corrected chi connectivity index (χ2v) is 7.11. The summed E-state index contributed by atoms with van der Waals surface area (Å²) in [5, 5.41) is 78.5. The molecule has 1 fully saturated rings. The van der Waals surface area contributed by atoms with Crippen LogP contribution in [-0.2, 0) is 4.74 Å². The van der Waals surface area contributed by atoms with Crippen LogP contribution in [0.2, 0.25) is 0 Å². The van der Waals surface area contributed by atoms with E-state index in [9.17, 15) is 45.6 Å². The average molecular weight is 450 g/mol. The summed E-state index contributed by atoms with van der Waals surface area (Å²) in [6.45, 7) is 0. The minimum Gasteiger partial charge on any atom is -0.508 e. The molecule has 4 rings (SSSR count). The van der Waals surface area contributed by atoms with Crippen LogP contribution in [0, 0.1) is 0 Å². The number of benzene rings is 2. The van der Waals surface area contributed by atoms with Crippen molar-refractivity contribution in [2.24, 2.45) is 0 Å². The molecule has 0 radical (unpaired) electrons. The van der Waals surface area contributed by atoms with Crippen molar-refractivity contribution in [3.05, 3.63) is 40.6 Å². The fourth-order valence-electron chi connectivity index (χ4n) is 3.27. The maximum absolute atomic E-state index is 12.5. The molecule has 32 heavy (non-hydrogen) atoms. The van der Waals surface area contributed by atoms with Crippen LogP contribution in [0.5, 0.6) is 28.7 Å². The molecule has 12 heteroatoms. The van der Waals surface area contributed by atoms with Gasteiger partial charge < -0.3 is 54.7 Å². The Kier molecular flexibility index (Phi) is 5.32. The minimum absolute atomic E-state index is 0.00330. The molecule has 2 aromatic carbocycles. The van der Waals surface area contributed by atoms with E-state index in [1.165, 1.54) is 6.07 Å². The highest BCUT2D eigenvalue weighted by Crippen LogP contribution is 2.39. The first-order valence-electron chi connectivity index (χ1n) is 9.18. The topological polar surface area (TPSA) is 211 Å². The third-order valence-electron chi connectivity index (χ3n) is 4.94. The first kappa shape index (κ1) is 21.7. The van der Waals surface area contributed by atoms with Gasteiger partial charge in [0.25, 0.3) is 0 Å². The first-order chi connectivity index (χ1) is 15.1. The molecular formula is C20H18O12. The Bertz CT molecular complexity index is 1240. The van der Waals surface area contributed by atoms with Gasteiger partial charge >= 0.3 is 0 Å². The van der Waals surface area contributed by atoms with Gasteiger partial charge in [-0.3, -0.25) is 4.79 Å². The summed E-state index contributed by atoms with van der Waals surface area (Å²) in [7, 11) is 0. The number of ether oxygens (including phenoxy) is 2. The summed E-state index contributed by atoms with van der Waals surface area (Å²) in [6, 6.07) is 5.41. The Labute approximate surface area is 178 Å². The number of hydrogen-bond donors (Lipinski definition) is 8. The predicted octanol–water partition coefficient (Wildman–Crippen LogP) is -0.581. The zero-order chi connectivity index (χ0) is 23.3. The highest BCUT2D eigenvalue weighted by molar-refractivity contribution is 5.88. The van der Waals surface area contributed by atoms with Crippen molar-refractivity contribution in [3.63, 3.8) is 0 Å². The fraction of sp³-hybridized carbons (Fsp3) is 0.250. The van der Waals surface area contributed by atoms with E-state index < -0.39 is 65.1 Å². The van der Waals surface area contributed by atoms with Crippen LogP contribution in [0.1, 0.15) is 0 Å². The van der Waals surface area contributed by atoms with Gasteiger partial charge in [-0.05, 0) is 18.2 Å². The number of aromatic hydroxyl groups is 4. The highest BCUT2D eigenvalue weighted by Gasteiger charge is 2.44. The molecule has 2 heterocycles. The Morgan fingerprint density at radius 2 is 1.56 bits per heavy atom. The maximum Gasteiger partial charge on any atom is 0.238 e. The smallest absolute Gasteiger partial charge is 0.238 e. The summed E-state index contributed by atoms with van der Waals surface area (Å²) in [6.07, 6.45) is -8.98. The lowest BCUT2D eigenvalue weighted by Gasteiger charge is -2.37. The summed E-state index contributed by atoms with van der Waals surface area (Å²) >= 11 is 0. The Balaban J connectivity index is 1.76. The van der Waals surface area contributed by atoms with Gasteiger partial charge in [0.1, 0.15) is 40.8 Å². The normalized spacial score (nSPS) is 25.7. The molecule has 0 amide bonds. The standard InChI is InChI=1S/C20H18O12/c21-7-4-9(23)12-11(5-7)30-18(15(26)13(12)24)6-1-2-8(22)10(3-6)31-20-17(28)14(25)16(27)19(29)32-20/h1-5,14,16-17,19-23,25-29H/t14-,16+,17+,19+,20+/m1/s1. The second-order valence-electron chi connectivity index (χ2n) is 7.11. The third-order valence-corrected chi connectivity index (χ3v) is 4.94. The molecule has 1 aromatic heterocycles. The van der Waals surface area contributed by atoms with Crippen LogP contribution < -0.4 is 10.2 Å². The van der Waals surface area contributed by atoms with E-state index in [0.717, 1.165) is 24.3 Å². The van der Waals surface area contributed by atoms with Crippen molar-refractivity contribution >= 4 is 11.0 Å². The number of phenols is 3. The SMILES string of the molecule is O=c1c(O)c(-c2ccc(O)c(O[C@H]3O[C@H](O)[C@@H](O)[C@@H](O)[C@@H]3O)c2)oc2cc(O)cc(O)c12. The van der Waals surface area contributed by atoms with Crippen molar-refractivity contribution in [2.45, 2.75) is 30.9 Å². The summed E-state index contributed by atoms with van der Waals surface area (Å²) in [4.78, 5) is 12.5. The average Bonchev–Trinajstić information content (AvgIpc) is 2.74. The van der Waals surface area contributed by atoms with Crippen molar-refractivity contribution in [1.82, 2.24) is 0 Å². The molecule has 0 saturated carbocycles.